The second-order valence-electron chi connectivity index (χ2n) is 10.4. The van der Waals surface area contributed by atoms with Crippen LogP contribution >= 0.6 is 0 Å². The van der Waals surface area contributed by atoms with Crippen LogP contribution in [0.25, 0.3) is 0 Å². The van der Waals surface area contributed by atoms with Gasteiger partial charge in [0.2, 0.25) is 0 Å². The Morgan fingerprint density at radius 2 is 1.24 bits per heavy atom. The number of esters is 1. The lowest BCUT2D eigenvalue weighted by atomic mass is 9.87. The highest BCUT2D eigenvalue weighted by Gasteiger charge is 2.32. The van der Waals surface area contributed by atoms with Gasteiger partial charge >= 0.3 is 5.97 Å². The molecule has 41 heavy (non-hydrogen) atoms. The van der Waals surface area contributed by atoms with Gasteiger partial charge in [-0.2, -0.15) is 8.42 Å². The van der Waals surface area contributed by atoms with Crippen molar-refractivity contribution in [1.29, 1.82) is 0 Å². The molecule has 0 aliphatic rings. The van der Waals surface area contributed by atoms with E-state index in [1.807, 2.05) is 97.9 Å². The summed E-state index contributed by atoms with van der Waals surface area (Å²) in [7, 11) is -4.13. The molecule has 0 unspecified atom stereocenters. The molecule has 3 atom stereocenters. The molecule has 0 aliphatic heterocycles. The highest BCUT2D eigenvalue weighted by molar-refractivity contribution is 7.86. The molecule has 0 amide bonds. The second kappa shape index (κ2) is 14.7. The topological polar surface area (TPSA) is 95.7 Å². The Labute approximate surface area is 243 Å². The van der Waals surface area contributed by atoms with Gasteiger partial charge in [-0.05, 0) is 55.0 Å². The molecular weight excluding hydrogens is 534 g/mol. The first kappa shape index (κ1) is 30.2. The van der Waals surface area contributed by atoms with Crippen LogP contribution in [0, 0.1) is 12.8 Å². The average Bonchev–Trinajstić information content (AvgIpc) is 2.97. The summed E-state index contributed by atoms with van der Waals surface area (Å²) < 4.78 is 38.5. The molecule has 0 heterocycles. The van der Waals surface area contributed by atoms with Crippen molar-refractivity contribution in [2.24, 2.45) is 11.7 Å². The van der Waals surface area contributed by atoms with Gasteiger partial charge in [0.1, 0.15) is 6.61 Å². The lowest BCUT2D eigenvalue weighted by Gasteiger charge is -2.29. The molecule has 6 nitrogen and oxygen atoms in total. The van der Waals surface area contributed by atoms with E-state index in [0.717, 1.165) is 22.3 Å². The molecular formula is C34H37NO5S. The third kappa shape index (κ3) is 9.67. The van der Waals surface area contributed by atoms with Crippen molar-refractivity contribution in [3.05, 3.63) is 138 Å². The maximum absolute atomic E-state index is 13.5. The van der Waals surface area contributed by atoms with E-state index in [4.69, 9.17) is 14.7 Å². The number of carbonyl (C=O) groups is 1. The van der Waals surface area contributed by atoms with Crippen LogP contribution in [0.15, 0.2) is 120 Å². The summed E-state index contributed by atoms with van der Waals surface area (Å²) >= 11 is 0. The van der Waals surface area contributed by atoms with E-state index in [0.29, 0.717) is 12.8 Å². The summed E-state index contributed by atoms with van der Waals surface area (Å²) in [6, 6.07) is 35.0. The smallest absolute Gasteiger partial charge is 0.306 e. The Morgan fingerprint density at radius 1 is 0.732 bits per heavy atom. The number of nitrogens with two attached hydrogens (primary N) is 1. The summed E-state index contributed by atoms with van der Waals surface area (Å²) in [5.41, 5.74) is 10.4. The van der Waals surface area contributed by atoms with Gasteiger partial charge in [-0.1, -0.05) is 109 Å². The Hall–Kier alpha value is -3.78. The van der Waals surface area contributed by atoms with E-state index in [1.54, 1.807) is 12.1 Å². The van der Waals surface area contributed by atoms with E-state index >= 15 is 0 Å². The molecule has 4 aromatic carbocycles. The Bertz CT molecular complexity index is 1460. The number of hydrogen-bond acceptors (Lipinski definition) is 6. The van der Waals surface area contributed by atoms with Crippen LogP contribution in [0.2, 0.25) is 0 Å². The summed E-state index contributed by atoms with van der Waals surface area (Å²) in [5.74, 6) is -0.921. The zero-order valence-corrected chi connectivity index (χ0v) is 24.1. The monoisotopic (exact) mass is 571 g/mol. The summed E-state index contributed by atoms with van der Waals surface area (Å²) in [5, 5.41) is 0. The third-order valence-corrected chi connectivity index (χ3v) is 8.32. The molecule has 0 fully saturated rings. The van der Waals surface area contributed by atoms with Gasteiger partial charge in [0.05, 0.1) is 17.4 Å². The highest BCUT2D eigenvalue weighted by atomic mass is 32.2. The van der Waals surface area contributed by atoms with Gasteiger partial charge in [0.25, 0.3) is 10.1 Å². The molecule has 0 spiro atoms. The predicted molar refractivity (Wildman–Crippen MR) is 160 cm³/mol. The molecule has 214 valence electrons. The minimum absolute atomic E-state index is 0.0200. The summed E-state index contributed by atoms with van der Waals surface area (Å²) in [6.45, 7) is 2.03. The van der Waals surface area contributed by atoms with Crippen molar-refractivity contribution in [2.75, 3.05) is 0 Å². The van der Waals surface area contributed by atoms with Crippen LogP contribution in [-0.2, 0) is 43.3 Å². The predicted octanol–water partition coefficient (Wildman–Crippen LogP) is 6.02. The van der Waals surface area contributed by atoms with E-state index < -0.39 is 34.2 Å². The average molecular weight is 572 g/mol. The quantitative estimate of drug-likeness (QED) is 0.147. The fourth-order valence-electron chi connectivity index (χ4n) is 4.80. The van der Waals surface area contributed by atoms with Gasteiger partial charge in [0, 0.05) is 12.0 Å². The third-order valence-electron chi connectivity index (χ3n) is 6.97. The zero-order chi connectivity index (χ0) is 29.1. The first-order chi connectivity index (χ1) is 19.8. The standard InChI is InChI=1S/C34H37NO5S/c1-26-17-19-32(20-18-26)41(37,38)40-33(24-31(35)22-28-13-7-3-8-14-28)30(21-27-11-5-2-6-12-27)23-34(36)39-25-29-15-9-4-10-16-29/h2-20,30-31,33H,21-25,35H2,1H3/t30-,31+,33+/m1/s1. The number of rotatable bonds is 14. The van der Waals surface area contributed by atoms with Gasteiger partial charge in [0.15, 0.2) is 0 Å². The minimum atomic E-state index is -4.13. The van der Waals surface area contributed by atoms with Gasteiger partial charge in [-0.15, -0.1) is 0 Å². The summed E-state index contributed by atoms with van der Waals surface area (Å²) in [6.07, 6.45) is 0.330. The first-order valence-electron chi connectivity index (χ1n) is 13.8. The number of aryl methyl sites for hydroxylation is 1. The molecule has 4 aromatic rings. The highest BCUT2D eigenvalue weighted by Crippen LogP contribution is 2.28. The van der Waals surface area contributed by atoms with Crippen LogP contribution in [0.1, 0.15) is 35.1 Å². The largest absolute Gasteiger partial charge is 0.461 e. The number of benzene rings is 4. The molecule has 4 rings (SSSR count). The van der Waals surface area contributed by atoms with E-state index in [-0.39, 0.29) is 24.3 Å². The Kier molecular flexibility index (Phi) is 10.8. The van der Waals surface area contributed by atoms with Crippen molar-refractivity contribution >= 4 is 16.1 Å². The number of carbonyl (C=O) groups excluding carboxylic acids is 1. The van der Waals surface area contributed by atoms with E-state index in [9.17, 15) is 13.2 Å². The SMILES string of the molecule is Cc1ccc(S(=O)(=O)O[C@@H](C[C@@H](N)Cc2ccccc2)[C@@H](CC(=O)OCc2ccccc2)Cc2ccccc2)cc1. The number of hydrogen-bond donors (Lipinski definition) is 1. The first-order valence-corrected chi connectivity index (χ1v) is 15.2. The molecule has 0 saturated heterocycles. The van der Waals surface area contributed by atoms with Crippen LogP contribution in [0.4, 0.5) is 0 Å². The fraction of sp³-hybridized carbons (Fsp3) is 0.265. The van der Waals surface area contributed by atoms with Crippen molar-refractivity contribution in [1.82, 2.24) is 0 Å². The van der Waals surface area contributed by atoms with E-state index in [1.165, 1.54) is 12.1 Å². The number of ether oxygens (including phenoxy) is 1. The van der Waals surface area contributed by atoms with Crippen LogP contribution in [-0.4, -0.2) is 26.5 Å². The maximum Gasteiger partial charge on any atom is 0.306 e. The van der Waals surface area contributed by atoms with Gasteiger partial charge < -0.3 is 10.5 Å². The van der Waals surface area contributed by atoms with Crippen LogP contribution < -0.4 is 5.73 Å². The van der Waals surface area contributed by atoms with Crippen molar-refractivity contribution < 1.29 is 22.1 Å². The Balaban J connectivity index is 1.60. The summed E-state index contributed by atoms with van der Waals surface area (Å²) in [4.78, 5) is 13.2. The molecule has 0 aliphatic carbocycles. The fourth-order valence-corrected chi connectivity index (χ4v) is 5.94. The normalized spacial score (nSPS) is 13.7. The molecule has 2 N–H and O–H groups in total. The molecule has 0 bridgehead atoms. The minimum Gasteiger partial charge on any atom is -0.461 e. The lowest BCUT2D eigenvalue weighted by Crippen LogP contribution is -2.37. The van der Waals surface area contributed by atoms with Gasteiger partial charge in [-0.3, -0.25) is 8.98 Å². The zero-order valence-electron chi connectivity index (χ0n) is 23.3. The van der Waals surface area contributed by atoms with Crippen molar-refractivity contribution in [3.63, 3.8) is 0 Å². The second-order valence-corrected chi connectivity index (χ2v) is 12.0. The van der Waals surface area contributed by atoms with Gasteiger partial charge in [-0.25, -0.2) is 0 Å². The maximum atomic E-state index is 13.5. The molecule has 0 saturated carbocycles. The van der Waals surface area contributed by atoms with Crippen LogP contribution in [0.3, 0.4) is 0 Å². The van der Waals surface area contributed by atoms with Crippen molar-refractivity contribution in [2.45, 2.75) is 56.3 Å². The molecule has 7 heteroatoms. The Morgan fingerprint density at radius 3 is 1.80 bits per heavy atom. The van der Waals surface area contributed by atoms with Crippen molar-refractivity contribution in [3.8, 4) is 0 Å². The van der Waals surface area contributed by atoms with Crippen LogP contribution in [0.5, 0.6) is 0 Å². The lowest BCUT2D eigenvalue weighted by molar-refractivity contribution is -0.147. The molecule has 0 aromatic heterocycles. The van der Waals surface area contributed by atoms with E-state index in [2.05, 4.69) is 0 Å². The molecule has 0 radical (unpaired) electrons.